The zero-order chi connectivity index (χ0) is 10.6. The van der Waals surface area contributed by atoms with E-state index in [1.807, 2.05) is 0 Å². The molecule has 0 spiro atoms. The van der Waals surface area contributed by atoms with E-state index in [1.165, 1.54) is 20.3 Å². The summed E-state index contributed by atoms with van der Waals surface area (Å²) in [5.74, 6) is -0.874. The van der Waals surface area contributed by atoms with E-state index < -0.39 is 11.9 Å². The maximum absolute atomic E-state index is 11.0. The molecule has 14 heavy (non-hydrogen) atoms. The first-order chi connectivity index (χ1) is 6.67. The van der Waals surface area contributed by atoms with Gasteiger partial charge in [0.15, 0.2) is 0 Å². The van der Waals surface area contributed by atoms with Gasteiger partial charge in [-0.3, -0.25) is 0 Å². The Labute approximate surface area is 81.5 Å². The summed E-state index contributed by atoms with van der Waals surface area (Å²) < 4.78 is 8.95. The summed E-state index contributed by atoms with van der Waals surface area (Å²) >= 11 is 0. The SMILES string of the molecule is COC(=O)/C=C1\C=CC(C(=O)OC)=C1. The van der Waals surface area contributed by atoms with Crippen molar-refractivity contribution in [2.45, 2.75) is 0 Å². The molecule has 0 saturated heterocycles. The molecule has 0 amide bonds. The Hall–Kier alpha value is -1.84. The van der Waals surface area contributed by atoms with Gasteiger partial charge in [0.2, 0.25) is 0 Å². The number of rotatable bonds is 2. The summed E-state index contributed by atoms with van der Waals surface area (Å²) in [6, 6.07) is 0. The Morgan fingerprint density at radius 3 is 2.50 bits per heavy atom. The molecule has 0 atom stereocenters. The van der Waals surface area contributed by atoms with Crippen LogP contribution in [-0.2, 0) is 19.1 Å². The van der Waals surface area contributed by atoms with Crippen LogP contribution in [0.25, 0.3) is 0 Å². The van der Waals surface area contributed by atoms with Crippen molar-refractivity contribution in [2.75, 3.05) is 14.2 Å². The van der Waals surface area contributed by atoms with Gasteiger partial charge in [-0.15, -0.1) is 0 Å². The molecule has 0 aliphatic heterocycles. The van der Waals surface area contributed by atoms with Crippen LogP contribution in [0.3, 0.4) is 0 Å². The highest BCUT2D eigenvalue weighted by Gasteiger charge is 2.11. The lowest BCUT2D eigenvalue weighted by Gasteiger charge is -1.94. The van der Waals surface area contributed by atoms with Crippen LogP contribution >= 0.6 is 0 Å². The Bertz CT molecular complexity index is 347. The van der Waals surface area contributed by atoms with Gasteiger partial charge in [0, 0.05) is 6.08 Å². The molecule has 1 aliphatic carbocycles. The normalized spacial score (nSPS) is 16.7. The van der Waals surface area contributed by atoms with Crippen LogP contribution < -0.4 is 0 Å². The smallest absolute Gasteiger partial charge is 0.337 e. The minimum atomic E-state index is -0.452. The van der Waals surface area contributed by atoms with Crippen LogP contribution in [0.1, 0.15) is 0 Å². The molecule has 0 aromatic heterocycles. The van der Waals surface area contributed by atoms with Crippen molar-refractivity contribution in [2.24, 2.45) is 0 Å². The lowest BCUT2D eigenvalue weighted by molar-refractivity contribution is -0.136. The Balaban J connectivity index is 2.78. The highest BCUT2D eigenvalue weighted by molar-refractivity contribution is 5.95. The molecule has 74 valence electrons. The molecule has 0 heterocycles. The minimum absolute atomic E-state index is 0.419. The lowest BCUT2D eigenvalue weighted by Crippen LogP contribution is -2.00. The number of carbonyl (C=O) groups excluding carboxylic acids is 2. The van der Waals surface area contributed by atoms with E-state index in [-0.39, 0.29) is 0 Å². The standard InChI is InChI=1S/C10H10O4/c1-13-9(11)6-7-3-4-8(5-7)10(12)14-2/h3-6H,1-2H3/b7-6+. The number of ether oxygens (including phenoxy) is 2. The first-order valence-electron chi connectivity index (χ1n) is 3.95. The molecule has 0 radical (unpaired) electrons. The molecule has 0 aromatic rings. The summed E-state index contributed by atoms with van der Waals surface area (Å²) in [5, 5.41) is 0. The van der Waals surface area contributed by atoms with Crippen LogP contribution in [0, 0.1) is 0 Å². The summed E-state index contributed by atoms with van der Waals surface area (Å²) in [5.41, 5.74) is 1.04. The van der Waals surface area contributed by atoms with Gasteiger partial charge < -0.3 is 9.47 Å². The van der Waals surface area contributed by atoms with Crippen molar-refractivity contribution in [1.29, 1.82) is 0 Å². The van der Waals surface area contributed by atoms with Gasteiger partial charge in [-0.25, -0.2) is 9.59 Å². The molecule has 0 aromatic carbocycles. The van der Waals surface area contributed by atoms with E-state index >= 15 is 0 Å². The van der Waals surface area contributed by atoms with E-state index in [0.29, 0.717) is 11.1 Å². The largest absolute Gasteiger partial charge is 0.466 e. The number of methoxy groups -OCH3 is 2. The molecule has 0 unspecified atom stereocenters. The van der Waals surface area contributed by atoms with Crippen molar-refractivity contribution < 1.29 is 19.1 Å². The van der Waals surface area contributed by atoms with Gasteiger partial charge in [-0.2, -0.15) is 0 Å². The third-order valence-electron chi connectivity index (χ3n) is 1.68. The average Bonchev–Trinajstić information content (AvgIpc) is 2.65. The van der Waals surface area contributed by atoms with Gasteiger partial charge in [0.05, 0.1) is 19.8 Å². The van der Waals surface area contributed by atoms with Crippen LogP contribution in [0.15, 0.2) is 35.5 Å². The third kappa shape index (κ3) is 2.32. The molecule has 1 rings (SSSR count). The molecule has 0 fully saturated rings. The van der Waals surface area contributed by atoms with E-state index in [1.54, 1.807) is 18.2 Å². The first-order valence-corrected chi connectivity index (χ1v) is 3.95. The van der Waals surface area contributed by atoms with E-state index in [2.05, 4.69) is 9.47 Å². The van der Waals surface area contributed by atoms with Crippen LogP contribution in [0.4, 0.5) is 0 Å². The number of esters is 2. The minimum Gasteiger partial charge on any atom is -0.466 e. The highest BCUT2D eigenvalue weighted by Crippen LogP contribution is 2.15. The van der Waals surface area contributed by atoms with E-state index in [0.717, 1.165) is 0 Å². The molecule has 0 N–H and O–H groups in total. The van der Waals surface area contributed by atoms with Gasteiger partial charge in [0.1, 0.15) is 0 Å². The van der Waals surface area contributed by atoms with Gasteiger partial charge in [0.25, 0.3) is 0 Å². The number of carbonyl (C=O) groups is 2. The summed E-state index contributed by atoms with van der Waals surface area (Å²) in [6.45, 7) is 0. The molecule has 0 bridgehead atoms. The molecule has 1 aliphatic rings. The zero-order valence-corrected chi connectivity index (χ0v) is 7.94. The Morgan fingerprint density at radius 1 is 1.21 bits per heavy atom. The molecule has 0 saturated carbocycles. The van der Waals surface area contributed by atoms with Crippen molar-refractivity contribution in [3.8, 4) is 0 Å². The molecular weight excluding hydrogens is 184 g/mol. The summed E-state index contributed by atoms with van der Waals surface area (Å²) in [6.07, 6.45) is 6.08. The van der Waals surface area contributed by atoms with E-state index in [4.69, 9.17) is 0 Å². The second-order valence-corrected chi connectivity index (χ2v) is 2.59. The fraction of sp³-hybridized carbons (Fsp3) is 0.200. The number of hydrogen-bond donors (Lipinski definition) is 0. The first kappa shape index (κ1) is 10.2. The molecular formula is C10H10O4. The monoisotopic (exact) mass is 194 g/mol. The van der Waals surface area contributed by atoms with Crippen LogP contribution in [0.2, 0.25) is 0 Å². The average molecular weight is 194 g/mol. The zero-order valence-electron chi connectivity index (χ0n) is 7.94. The van der Waals surface area contributed by atoms with Crippen molar-refractivity contribution >= 4 is 11.9 Å². The highest BCUT2D eigenvalue weighted by atomic mass is 16.5. The third-order valence-corrected chi connectivity index (χ3v) is 1.68. The summed E-state index contributed by atoms with van der Waals surface area (Å²) in [4.78, 5) is 21.9. The maximum Gasteiger partial charge on any atom is 0.337 e. The predicted molar refractivity (Wildman–Crippen MR) is 49.3 cm³/mol. The van der Waals surface area contributed by atoms with Crippen LogP contribution in [0.5, 0.6) is 0 Å². The predicted octanol–water partition coefficient (Wildman–Crippen LogP) is 0.755. The van der Waals surface area contributed by atoms with Crippen molar-refractivity contribution in [3.05, 3.63) is 35.5 Å². The van der Waals surface area contributed by atoms with Gasteiger partial charge in [-0.1, -0.05) is 6.08 Å². The second kappa shape index (κ2) is 4.41. The Kier molecular flexibility index (Phi) is 3.23. The summed E-state index contributed by atoms with van der Waals surface area (Å²) in [7, 11) is 2.60. The van der Waals surface area contributed by atoms with Crippen molar-refractivity contribution in [1.82, 2.24) is 0 Å². The fourth-order valence-electron chi connectivity index (χ4n) is 0.991. The topological polar surface area (TPSA) is 52.6 Å². The van der Waals surface area contributed by atoms with Gasteiger partial charge in [-0.05, 0) is 17.7 Å². The fourth-order valence-corrected chi connectivity index (χ4v) is 0.991. The van der Waals surface area contributed by atoms with E-state index in [9.17, 15) is 9.59 Å². The maximum atomic E-state index is 11.0. The molecule has 4 heteroatoms. The second-order valence-electron chi connectivity index (χ2n) is 2.59. The van der Waals surface area contributed by atoms with Crippen molar-refractivity contribution in [3.63, 3.8) is 0 Å². The lowest BCUT2D eigenvalue weighted by atomic mass is 10.2. The Morgan fingerprint density at radius 2 is 1.93 bits per heavy atom. The quantitative estimate of drug-likeness (QED) is 0.481. The number of hydrogen-bond acceptors (Lipinski definition) is 4. The molecule has 4 nitrogen and oxygen atoms in total. The van der Waals surface area contributed by atoms with Gasteiger partial charge >= 0.3 is 11.9 Å². The number of allylic oxidation sites excluding steroid dienone is 3. The van der Waals surface area contributed by atoms with Crippen LogP contribution in [-0.4, -0.2) is 26.2 Å².